The number of likely N-dealkylation sites (tertiary alicyclic amines) is 1. The first kappa shape index (κ1) is 24.4. The van der Waals surface area contributed by atoms with E-state index in [1.165, 1.54) is 0 Å². The molecular weight excluding hydrogens is 424 g/mol. The standard InChI is InChI=1S/C24H32N4O5/c1-3-5-14-33-19-10-6-8-17(15-19)22-25-23(30)20(26-27-22)11-12-21(29)28-13-7-9-18(16-28)24(31)32-4-2/h6,8,10,15,18H,3-5,7,9,11-14,16H2,1-2H3,(H,25,27,30)/t18-/m1/s1. The summed E-state index contributed by atoms with van der Waals surface area (Å²) in [6, 6.07) is 7.34. The van der Waals surface area contributed by atoms with Crippen LogP contribution in [-0.2, 0) is 20.7 Å². The maximum absolute atomic E-state index is 12.6. The molecule has 0 radical (unpaired) electrons. The Kier molecular flexibility index (Phi) is 8.97. The van der Waals surface area contributed by atoms with Crippen molar-refractivity contribution in [2.24, 2.45) is 5.92 Å². The van der Waals surface area contributed by atoms with Gasteiger partial charge in [-0.05, 0) is 38.3 Å². The Balaban J connectivity index is 1.58. The molecule has 1 N–H and O–H groups in total. The minimum atomic E-state index is -0.367. The van der Waals surface area contributed by atoms with Crippen LogP contribution >= 0.6 is 0 Å². The summed E-state index contributed by atoms with van der Waals surface area (Å²) in [4.78, 5) is 41.6. The Morgan fingerprint density at radius 2 is 2.09 bits per heavy atom. The third-order valence-corrected chi connectivity index (χ3v) is 5.61. The molecule has 1 aliphatic rings. The largest absolute Gasteiger partial charge is 0.494 e. The topological polar surface area (TPSA) is 114 Å². The van der Waals surface area contributed by atoms with Crippen molar-refractivity contribution >= 4 is 11.9 Å². The quantitative estimate of drug-likeness (QED) is 0.432. The van der Waals surface area contributed by atoms with Crippen LogP contribution in [0.1, 0.15) is 51.6 Å². The zero-order chi connectivity index (χ0) is 23.6. The zero-order valence-corrected chi connectivity index (χ0v) is 19.3. The molecule has 0 spiro atoms. The molecule has 2 aromatic rings. The molecular formula is C24H32N4O5. The predicted molar refractivity (Wildman–Crippen MR) is 123 cm³/mol. The van der Waals surface area contributed by atoms with Crippen LogP contribution < -0.4 is 10.3 Å². The van der Waals surface area contributed by atoms with Crippen molar-refractivity contribution in [3.63, 3.8) is 0 Å². The molecule has 1 aliphatic heterocycles. The summed E-state index contributed by atoms with van der Waals surface area (Å²) in [6.07, 6.45) is 3.81. The van der Waals surface area contributed by atoms with Crippen molar-refractivity contribution in [1.29, 1.82) is 0 Å². The molecule has 1 fully saturated rings. The number of hydrogen-bond acceptors (Lipinski definition) is 7. The molecule has 0 aliphatic carbocycles. The molecule has 1 saturated heterocycles. The Labute approximate surface area is 193 Å². The van der Waals surface area contributed by atoms with E-state index in [0.29, 0.717) is 43.4 Å². The Hall–Kier alpha value is -3.23. The summed E-state index contributed by atoms with van der Waals surface area (Å²) in [5, 5.41) is 8.21. The summed E-state index contributed by atoms with van der Waals surface area (Å²) in [7, 11) is 0. The highest BCUT2D eigenvalue weighted by atomic mass is 16.5. The molecule has 0 bridgehead atoms. The lowest BCUT2D eigenvalue weighted by Gasteiger charge is -2.31. The number of amides is 1. The van der Waals surface area contributed by atoms with E-state index in [2.05, 4.69) is 22.1 Å². The van der Waals surface area contributed by atoms with E-state index in [1.54, 1.807) is 11.8 Å². The number of carbonyl (C=O) groups is 2. The number of rotatable bonds is 10. The molecule has 3 rings (SSSR count). The normalized spacial score (nSPS) is 15.8. The number of aromatic amines is 1. The number of unbranched alkanes of at least 4 members (excludes halogenated alkanes) is 1. The second-order valence-corrected chi connectivity index (χ2v) is 8.11. The second kappa shape index (κ2) is 12.1. The highest BCUT2D eigenvalue weighted by Gasteiger charge is 2.29. The number of nitrogens with zero attached hydrogens (tertiary/aromatic N) is 3. The number of carbonyl (C=O) groups excluding carboxylic acids is 2. The molecule has 1 amide bonds. The van der Waals surface area contributed by atoms with Crippen LogP contribution in [0.4, 0.5) is 0 Å². The van der Waals surface area contributed by atoms with E-state index < -0.39 is 0 Å². The lowest BCUT2D eigenvalue weighted by Crippen LogP contribution is -2.43. The van der Waals surface area contributed by atoms with Gasteiger partial charge in [-0.2, -0.15) is 0 Å². The van der Waals surface area contributed by atoms with Crippen LogP contribution in [0.5, 0.6) is 5.75 Å². The van der Waals surface area contributed by atoms with E-state index in [1.807, 2.05) is 24.3 Å². The minimum Gasteiger partial charge on any atom is -0.494 e. The van der Waals surface area contributed by atoms with Crippen LogP contribution in [0.2, 0.25) is 0 Å². The number of esters is 1. The lowest BCUT2D eigenvalue weighted by atomic mass is 9.98. The van der Waals surface area contributed by atoms with Gasteiger partial charge in [0.15, 0.2) is 5.82 Å². The van der Waals surface area contributed by atoms with Crippen molar-refractivity contribution in [3.8, 4) is 17.1 Å². The number of piperidine rings is 1. The summed E-state index contributed by atoms with van der Waals surface area (Å²) < 4.78 is 10.8. The van der Waals surface area contributed by atoms with Crippen molar-refractivity contribution in [2.45, 2.75) is 52.4 Å². The summed E-state index contributed by atoms with van der Waals surface area (Å²) in [6.45, 7) is 5.79. The number of aryl methyl sites for hydroxylation is 1. The van der Waals surface area contributed by atoms with Gasteiger partial charge < -0.3 is 19.4 Å². The average Bonchev–Trinajstić information content (AvgIpc) is 2.83. The van der Waals surface area contributed by atoms with E-state index in [4.69, 9.17) is 9.47 Å². The third-order valence-electron chi connectivity index (χ3n) is 5.61. The molecule has 9 heteroatoms. The second-order valence-electron chi connectivity index (χ2n) is 8.11. The van der Waals surface area contributed by atoms with Gasteiger partial charge in [0, 0.05) is 31.5 Å². The lowest BCUT2D eigenvalue weighted by molar-refractivity contribution is -0.151. The molecule has 1 atom stereocenters. The number of aromatic nitrogens is 3. The van der Waals surface area contributed by atoms with Crippen molar-refractivity contribution in [1.82, 2.24) is 20.1 Å². The van der Waals surface area contributed by atoms with Gasteiger partial charge in [0.1, 0.15) is 11.4 Å². The molecule has 0 unspecified atom stereocenters. The summed E-state index contributed by atoms with van der Waals surface area (Å²) in [5.74, 6) is 0.413. The number of nitrogens with one attached hydrogen (secondary N) is 1. The van der Waals surface area contributed by atoms with Crippen molar-refractivity contribution in [3.05, 3.63) is 40.3 Å². The maximum atomic E-state index is 12.6. The van der Waals surface area contributed by atoms with Crippen LogP contribution in [-0.4, -0.2) is 58.3 Å². The van der Waals surface area contributed by atoms with Gasteiger partial charge in [0.2, 0.25) is 5.91 Å². The van der Waals surface area contributed by atoms with Gasteiger partial charge in [-0.25, -0.2) is 0 Å². The molecule has 178 valence electrons. The number of benzene rings is 1. The van der Waals surface area contributed by atoms with E-state index in [0.717, 1.165) is 25.7 Å². The number of hydrogen-bond donors (Lipinski definition) is 1. The van der Waals surface area contributed by atoms with E-state index in [9.17, 15) is 14.4 Å². The monoisotopic (exact) mass is 456 g/mol. The molecule has 1 aromatic carbocycles. The fourth-order valence-electron chi connectivity index (χ4n) is 3.76. The summed E-state index contributed by atoms with van der Waals surface area (Å²) >= 11 is 0. The van der Waals surface area contributed by atoms with Gasteiger partial charge in [-0.1, -0.05) is 25.5 Å². The van der Waals surface area contributed by atoms with Crippen LogP contribution in [0.15, 0.2) is 29.1 Å². The highest BCUT2D eigenvalue weighted by molar-refractivity contribution is 5.78. The van der Waals surface area contributed by atoms with Gasteiger partial charge >= 0.3 is 5.97 Å². The molecule has 0 saturated carbocycles. The maximum Gasteiger partial charge on any atom is 0.310 e. The van der Waals surface area contributed by atoms with Gasteiger partial charge in [0.25, 0.3) is 5.56 Å². The molecule has 9 nitrogen and oxygen atoms in total. The van der Waals surface area contributed by atoms with E-state index in [-0.39, 0.29) is 41.9 Å². The Bertz CT molecular complexity index is 1010. The fourth-order valence-corrected chi connectivity index (χ4v) is 3.76. The minimum absolute atomic E-state index is 0.105. The first-order valence-electron chi connectivity index (χ1n) is 11.6. The number of ether oxygens (including phenoxy) is 2. The predicted octanol–water partition coefficient (Wildman–Crippen LogP) is 2.75. The van der Waals surface area contributed by atoms with Crippen LogP contribution in [0.25, 0.3) is 11.4 Å². The Morgan fingerprint density at radius 1 is 1.24 bits per heavy atom. The highest BCUT2D eigenvalue weighted by Crippen LogP contribution is 2.21. The molecule has 2 heterocycles. The van der Waals surface area contributed by atoms with Gasteiger partial charge in [-0.3, -0.25) is 14.4 Å². The third kappa shape index (κ3) is 6.87. The van der Waals surface area contributed by atoms with Crippen LogP contribution in [0.3, 0.4) is 0 Å². The fraction of sp³-hybridized carbons (Fsp3) is 0.542. The van der Waals surface area contributed by atoms with Crippen molar-refractivity contribution in [2.75, 3.05) is 26.3 Å². The average molecular weight is 457 g/mol. The molecule has 1 aromatic heterocycles. The number of H-pyrrole nitrogens is 1. The first-order valence-corrected chi connectivity index (χ1v) is 11.6. The first-order chi connectivity index (χ1) is 16.0. The van der Waals surface area contributed by atoms with Crippen molar-refractivity contribution < 1.29 is 19.1 Å². The molecule has 33 heavy (non-hydrogen) atoms. The SMILES string of the molecule is CCCCOc1cccc(-c2nnc(CCC(=O)N3CCC[C@@H](C(=O)OCC)C3)c(=O)[nH]2)c1. The van der Waals surface area contributed by atoms with E-state index >= 15 is 0 Å². The Morgan fingerprint density at radius 3 is 2.85 bits per heavy atom. The van der Waals surface area contributed by atoms with Gasteiger partial charge in [-0.15, -0.1) is 10.2 Å². The van der Waals surface area contributed by atoms with Gasteiger partial charge in [0.05, 0.1) is 19.1 Å². The van der Waals surface area contributed by atoms with Crippen LogP contribution in [0, 0.1) is 5.92 Å². The zero-order valence-electron chi connectivity index (χ0n) is 19.3. The smallest absolute Gasteiger partial charge is 0.310 e. The summed E-state index contributed by atoms with van der Waals surface area (Å²) in [5.41, 5.74) is 0.545.